The third-order valence-electron chi connectivity index (χ3n) is 6.66. The Bertz CT molecular complexity index is 1300. The smallest absolute Gasteiger partial charge is 0.346 e. The minimum Gasteiger partial charge on any atom is -0.494 e. The monoisotopic (exact) mass is 483 g/mol. The Labute approximate surface area is 210 Å². The summed E-state index contributed by atoms with van der Waals surface area (Å²) in [7, 11) is 3.22. The fourth-order valence-corrected chi connectivity index (χ4v) is 4.80. The molecular weight excluding hydrogens is 454 g/mol. The van der Waals surface area contributed by atoms with Gasteiger partial charge in [-0.2, -0.15) is 4.68 Å². The van der Waals surface area contributed by atoms with E-state index in [0.717, 1.165) is 48.9 Å². The van der Waals surface area contributed by atoms with E-state index >= 15 is 0 Å². The van der Waals surface area contributed by atoms with E-state index in [-0.39, 0.29) is 12.1 Å². The Morgan fingerprint density at radius 3 is 2.33 bits per heavy atom. The lowest BCUT2D eigenvalue weighted by Gasteiger charge is -2.35. The Kier molecular flexibility index (Phi) is 6.93. The van der Waals surface area contributed by atoms with Crippen LogP contribution in [0.15, 0.2) is 73.2 Å². The van der Waals surface area contributed by atoms with E-state index in [0.29, 0.717) is 17.2 Å². The van der Waals surface area contributed by atoms with Gasteiger partial charge in [0.15, 0.2) is 0 Å². The number of amides is 1. The van der Waals surface area contributed by atoms with Crippen LogP contribution in [-0.2, 0) is 6.42 Å². The zero-order valence-electron chi connectivity index (χ0n) is 20.5. The Morgan fingerprint density at radius 2 is 1.64 bits per heavy atom. The molecule has 1 fully saturated rings. The average Bonchev–Trinajstić information content (AvgIpc) is 3.43. The molecular formula is C28H29N5O3. The van der Waals surface area contributed by atoms with Gasteiger partial charge in [-0.25, -0.2) is 4.79 Å². The Morgan fingerprint density at radius 1 is 0.944 bits per heavy atom. The van der Waals surface area contributed by atoms with Crippen molar-refractivity contribution in [3.8, 4) is 33.9 Å². The van der Waals surface area contributed by atoms with Gasteiger partial charge in [0.1, 0.15) is 17.2 Å². The van der Waals surface area contributed by atoms with Crippen LogP contribution in [0.3, 0.4) is 0 Å². The molecule has 1 saturated heterocycles. The van der Waals surface area contributed by atoms with Crippen molar-refractivity contribution in [1.82, 2.24) is 24.9 Å². The molecule has 184 valence electrons. The van der Waals surface area contributed by atoms with Gasteiger partial charge in [0, 0.05) is 18.2 Å². The van der Waals surface area contributed by atoms with E-state index in [1.165, 1.54) is 10.2 Å². The third-order valence-corrected chi connectivity index (χ3v) is 6.66. The van der Waals surface area contributed by atoms with Crippen molar-refractivity contribution < 1.29 is 14.3 Å². The molecule has 3 heterocycles. The highest BCUT2D eigenvalue weighted by Gasteiger charge is 2.28. The molecule has 2 aromatic carbocycles. The number of methoxy groups -OCH3 is 2. The maximum atomic E-state index is 13.4. The topological polar surface area (TPSA) is 82.4 Å². The summed E-state index contributed by atoms with van der Waals surface area (Å²) >= 11 is 0. The van der Waals surface area contributed by atoms with Crippen molar-refractivity contribution in [2.45, 2.75) is 31.7 Å². The van der Waals surface area contributed by atoms with E-state index in [1.807, 2.05) is 47.4 Å². The first-order valence-corrected chi connectivity index (χ1v) is 12.1. The van der Waals surface area contributed by atoms with Crippen molar-refractivity contribution in [3.05, 3.63) is 78.8 Å². The molecule has 4 aromatic rings. The standard InChI is InChI=1S/C28H29N5O3/c1-35-25-17-29-18-26(36-2)27(25)22-13-11-21(12-14-22)24-19-33(31-30-24)28(34)32-15-7-6-10-23(32)16-20-8-4-3-5-9-20/h3-5,8-9,11-14,17-19,23H,6-7,10,15-16H2,1-2H3. The summed E-state index contributed by atoms with van der Waals surface area (Å²) in [5.41, 5.74) is 4.50. The Hall–Kier alpha value is -4.20. The van der Waals surface area contributed by atoms with E-state index < -0.39 is 0 Å². The van der Waals surface area contributed by atoms with Gasteiger partial charge < -0.3 is 14.4 Å². The summed E-state index contributed by atoms with van der Waals surface area (Å²) in [5, 5.41) is 8.46. The molecule has 1 unspecified atom stereocenters. The second-order valence-electron chi connectivity index (χ2n) is 8.86. The van der Waals surface area contributed by atoms with Gasteiger partial charge in [-0.3, -0.25) is 4.98 Å². The van der Waals surface area contributed by atoms with Crippen LogP contribution in [-0.4, -0.2) is 57.7 Å². The number of piperidine rings is 1. The number of benzene rings is 2. The van der Waals surface area contributed by atoms with Gasteiger partial charge in [-0.1, -0.05) is 59.8 Å². The van der Waals surface area contributed by atoms with E-state index in [1.54, 1.807) is 32.8 Å². The van der Waals surface area contributed by atoms with Crippen LogP contribution in [0.1, 0.15) is 24.8 Å². The molecule has 5 rings (SSSR count). The Balaban J connectivity index is 1.35. The van der Waals surface area contributed by atoms with Crippen molar-refractivity contribution in [2.24, 2.45) is 0 Å². The number of carbonyl (C=O) groups is 1. The molecule has 8 nitrogen and oxygen atoms in total. The lowest BCUT2D eigenvalue weighted by Crippen LogP contribution is -2.46. The van der Waals surface area contributed by atoms with Crippen LogP contribution in [0.25, 0.3) is 22.4 Å². The highest BCUT2D eigenvalue weighted by Crippen LogP contribution is 2.37. The van der Waals surface area contributed by atoms with E-state index in [4.69, 9.17) is 9.47 Å². The third kappa shape index (κ3) is 4.79. The molecule has 0 spiro atoms. The molecule has 0 aliphatic carbocycles. The van der Waals surface area contributed by atoms with Gasteiger partial charge in [0.25, 0.3) is 0 Å². The van der Waals surface area contributed by atoms with E-state index in [9.17, 15) is 4.79 Å². The van der Waals surface area contributed by atoms with Crippen molar-refractivity contribution >= 4 is 6.03 Å². The number of nitrogens with zero attached hydrogens (tertiary/aromatic N) is 5. The molecule has 0 bridgehead atoms. The van der Waals surface area contributed by atoms with Gasteiger partial charge in [0.2, 0.25) is 0 Å². The quantitative estimate of drug-likeness (QED) is 0.380. The number of aromatic nitrogens is 4. The molecule has 8 heteroatoms. The van der Waals surface area contributed by atoms with Crippen LogP contribution in [0.5, 0.6) is 11.5 Å². The first-order valence-electron chi connectivity index (χ1n) is 12.1. The maximum Gasteiger partial charge on any atom is 0.346 e. The molecule has 0 N–H and O–H groups in total. The number of carbonyl (C=O) groups excluding carboxylic acids is 1. The predicted octanol–water partition coefficient (Wildman–Crippen LogP) is 5.09. The molecule has 1 amide bonds. The highest BCUT2D eigenvalue weighted by molar-refractivity contribution is 5.79. The first-order chi connectivity index (χ1) is 17.7. The van der Waals surface area contributed by atoms with Crippen molar-refractivity contribution in [2.75, 3.05) is 20.8 Å². The normalized spacial score (nSPS) is 15.5. The fourth-order valence-electron chi connectivity index (χ4n) is 4.80. The summed E-state index contributed by atoms with van der Waals surface area (Å²) < 4.78 is 12.3. The van der Waals surface area contributed by atoms with Crippen LogP contribution >= 0.6 is 0 Å². The molecule has 36 heavy (non-hydrogen) atoms. The lowest BCUT2D eigenvalue weighted by molar-refractivity contribution is 0.149. The minimum atomic E-state index is -0.128. The summed E-state index contributed by atoms with van der Waals surface area (Å²) in [4.78, 5) is 19.5. The first kappa shape index (κ1) is 23.5. The van der Waals surface area contributed by atoms with Crippen LogP contribution < -0.4 is 9.47 Å². The minimum absolute atomic E-state index is 0.128. The highest BCUT2D eigenvalue weighted by atomic mass is 16.5. The van der Waals surface area contributed by atoms with Crippen LogP contribution in [0, 0.1) is 0 Å². The lowest BCUT2D eigenvalue weighted by atomic mass is 9.96. The number of hydrogen-bond acceptors (Lipinski definition) is 6. The van der Waals surface area contributed by atoms with Gasteiger partial charge >= 0.3 is 6.03 Å². The zero-order valence-corrected chi connectivity index (χ0v) is 20.5. The number of rotatable bonds is 6. The summed E-state index contributed by atoms with van der Waals surface area (Å²) in [6.07, 6.45) is 9.00. The summed E-state index contributed by atoms with van der Waals surface area (Å²) in [5.74, 6) is 1.26. The van der Waals surface area contributed by atoms with Crippen LogP contribution in [0.2, 0.25) is 0 Å². The zero-order chi connectivity index (χ0) is 24.9. The molecule has 0 radical (unpaired) electrons. The maximum absolute atomic E-state index is 13.4. The summed E-state index contributed by atoms with van der Waals surface area (Å²) in [6, 6.07) is 18.2. The largest absolute Gasteiger partial charge is 0.494 e. The van der Waals surface area contributed by atoms with E-state index in [2.05, 4.69) is 27.4 Å². The molecule has 0 saturated carbocycles. The van der Waals surface area contributed by atoms with Gasteiger partial charge in [0.05, 0.1) is 38.4 Å². The van der Waals surface area contributed by atoms with Crippen LogP contribution in [0.4, 0.5) is 4.79 Å². The number of likely N-dealkylation sites (tertiary alicyclic amines) is 1. The van der Waals surface area contributed by atoms with Crippen molar-refractivity contribution in [1.29, 1.82) is 0 Å². The second-order valence-corrected chi connectivity index (χ2v) is 8.86. The average molecular weight is 484 g/mol. The SMILES string of the molecule is COc1cncc(OC)c1-c1ccc(-c2cn(C(=O)N3CCCCC3Cc3ccccc3)nn2)cc1. The molecule has 2 aromatic heterocycles. The molecule has 1 aliphatic rings. The molecule has 1 atom stereocenters. The number of pyridine rings is 1. The van der Waals surface area contributed by atoms with Gasteiger partial charge in [-0.05, 0) is 36.8 Å². The second kappa shape index (κ2) is 10.6. The summed E-state index contributed by atoms with van der Waals surface area (Å²) in [6.45, 7) is 0.732. The fraction of sp³-hybridized carbons (Fsp3) is 0.286. The number of ether oxygens (including phenoxy) is 2. The molecule has 1 aliphatic heterocycles. The van der Waals surface area contributed by atoms with Gasteiger partial charge in [-0.15, -0.1) is 5.10 Å². The van der Waals surface area contributed by atoms with Crippen molar-refractivity contribution in [3.63, 3.8) is 0 Å². The number of hydrogen-bond donors (Lipinski definition) is 0. The predicted molar refractivity (Wildman–Crippen MR) is 137 cm³/mol.